The maximum Gasteiger partial charge on any atom is 0.251 e. The van der Waals surface area contributed by atoms with E-state index in [9.17, 15) is 14.0 Å². The first-order valence-corrected chi connectivity index (χ1v) is 10.3. The van der Waals surface area contributed by atoms with Crippen molar-refractivity contribution in [3.8, 4) is 22.6 Å². The fraction of sp³-hybridized carbons (Fsp3) is 0.200. The van der Waals surface area contributed by atoms with Crippen LogP contribution in [0.15, 0.2) is 60.7 Å². The highest BCUT2D eigenvalue weighted by molar-refractivity contribution is 6.02. The summed E-state index contributed by atoms with van der Waals surface area (Å²) in [7, 11) is 1.55. The van der Waals surface area contributed by atoms with Crippen molar-refractivity contribution in [2.24, 2.45) is 0 Å². The molecular formula is C25H25FN2O4. The molecule has 166 valence electrons. The zero-order valence-corrected chi connectivity index (χ0v) is 17.4. The lowest BCUT2D eigenvalue weighted by Gasteiger charge is -2.17. The molecule has 5 rings (SSSR count). The Morgan fingerprint density at radius 1 is 0.969 bits per heavy atom. The number of halogens is 1. The highest BCUT2D eigenvalue weighted by Crippen LogP contribution is 2.51. The molecule has 1 aliphatic carbocycles. The largest absolute Gasteiger partial charge is 0.454 e. The Morgan fingerprint density at radius 2 is 1.72 bits per heavy atom. The second-order valence-electron chi connectivity index (χ2n) is 7.96. The van der Waals surface area contributed by atoms with Crippen molar-refractivity contribution in [1.29, 1.82) is 0 Å². The first-order chi connectivity index (χ1) is 15.5. The van der Waals surface area contributed by atoms with E-state index in [1.54, 1.807) is 43.4 Å². The second kappa shape index (κ2) is 7.67. The average Bonchev–Trinajstić information content (AvgIpc) is 3.50. The second-order valence-corrected chi connectivity index (χ2v) is 7.96. The third kappa shape index (κ3) is 3.45. The normalized spacial score (nSPS) is 15.2. The van der Waals surface area contributed by atoms with E-state index in [1.165, 1.54) is 6.07 Å². The summed E-state index contributed by atoms with van der Waals surface area (Å²) in [4.78, 5) is 24.9. The molecule has 0 bridgehead atoms. The van der Waals surface area contributed by atoms with Crippen LogP contribution in [0.3, 0.4) is 0 Å². The third-order valence-corrected chi connectivity index (χ3v) is 6.02. The van der Waals surface area contributed by atoms with E-state index in [1.807, 2.05) is 18.2 Å². The van der Waals surface area contributed by atoms with Crippen molar-refractivity contribution in [1.82, 2.24) is 5.32 Å². The minimum Gasteiger partial charge on any atom is -0.454 e. The van der Waals surface area contributed by atoms with Crippen LogP contribution in [0.25, 0.3) is 11.1 Å². The summed E-state index contributed by atoms with van der Waals surface area (Å²) in [6, 6.07) is 16.7. The highest BCUT2D eigenvalue weighted by atomic mass is 19.1. The predicted octanol–water partition coefficient (Wildman–Crippen LogP) is 4.74. The SMILES string of the molecule is CNC(=O)c1ccc(-c2cc(NC(=O)C3(c4ccc5c(c4)OCO5)CC3)ccc2F)cc1.[HH].[HH]. The molecule has 1 fully saturated rings. The molecule has 2 amide bonds. The van der Waals surface area contributed by atoms with Gasteiger partial charge in [-0.1, -0.05) is 18.2 Å². The molecule has 6 nitrogen and oxygen atoms in total. The van der Waals surface area contributed by atoms with Gasteiger partial charge < -0.3 is 20.1 Å². The van der Waals surface area contributed by atoms with Crippen LogP contribution in [0.4, 0.5) is 10.1 Å². The van der Waals surface area contributed by atoms with Crippen LogP contribution >= 0.6 is 0 Å². The van der Waals surface area contributed by atoms with E-state index >= 15 is 0 Å². The monoisotopic (exact) mass is 436 g/mol. The number of carbonyl (C=O) groups is 2. The minimum absolute atomic E-state index is 0. The Hall–Kier alpha value is -3.87. The van der Waals surface area contributed by atoms with Gasteiger partial charge in [-0.25, -0.2) is 4.39 Å². The minimum atomic E-state index is -0.620. The van der Waals surface area contributed by atoms with E-state index in [0.29, 0.717) is 33.9 Å². The summed E-state index contributed by atoms with van der Waals surface area (Å²) < 4.78 is 25.3. The molecule has 7 heteroatoms. The van der Waals surface area contributed by atoms with Gasteiger partial charge in [0.1, 0.15) is 5.82 Å². The van der Waals surface area contributed by atoms with Gasteiger partial charge in [0.15, 0.2) is 11.5 Å². The summed E-state index contributed by atoms with van der Waals surface area (Å²) in [5.41, 5.74) is 2.22. The molecule has 0 spiro atoms. The Kier molecular flexibility index (Phi) is 4.81. The maximum absolute atomic E-state index is 14.5. The number of hydrogen-bond acceptors (Lipinski definition) is 4. The van der Waals surface area contributed by atoms with Gasteiger partial charge in [0, 0.05) is 26.7 Å². The first kappa shape index (κ1) is 20.1. The Balaban J connectivity index is 0.00000162. The van der Waals surface area contributed by atoms with Gasteiger partial charge in [-0.2, -0.15) is 0 Å². The average molecular weight is 436 g/mol. The van der Waals surface area contributed by atoms with Crippen molar-refractivity contribution < 1.29 is 26.3 Å². The molecule has 3 aromatic rings. The van der Waals surface area contributed by atoms with Gasteiger partial charge in [-0.15, -0.1) is 0 Å². The van der Waals surface area contributed by atoms with E-state index in [2.05, 4.69) is 10.6 Å². The molecule has 0 saturated heterocycles. The molecule has 3 aromatic carbocycles. The molecule has 0 aromatic heterocycles. The lowest BCUT2D eigenvalue weighted by molar-refractivity contribution is -0.118. The quantitative estimate of drug-likeness (QED) is 0.606. The lowest BCUT2D eigenvalue weighted by Crippen LogP contribution is -2.27. The Labute approximate surface area is 187 Å². The number of hydrogen-bond donors (Lipinski definition) is 2. The van der Waals surface area contributed by atoms with Crippen LogP contribution in [0.2, 0.25) is 0 Å². The van der Waals surface area contributed by atoms with Crippen molar-refractivity contribution >= 4 is 17.5 Å². The zero-order chi connectivity index (χ0) is 22.3. The highest BCUT2D eigenvalue weighted by Gasteiger charge is 2.51. The molecule has 1 saturated carbocycles. The van der Waals surface area contributed by atoms with E-state index in [-0.39, 0.29) is 21.5 Å². The van der Waals surface area contributed by atoms with Crippen LogP contribution in [-0.2, 0) is 10.2 Å². The van der Waals surface area contributed by atoms with Crippen molar-refractivity contribution in [3.63, 3.8) is 0 Å². The van der Waals surface area contributed by atoms with Crippen LogP contribution in [-0.4, -0.2) is 25.7 Å². The number of rotatable bonds is 5. The van der Waals surface area contributed by atoms with Crippen LogP contribution in [0.1, 0.15) is 31.6 Å². The van der Waals surface area contributed by atoms with Crippen molar-refractivity contribution in [2.75, 3.05) is 19.2 Å². The molecular weight excluding hydrogens is 411 g/mol. The summed E-state index contributed by atoms with van der Waals surface area (Å²) in [5, 5.41) is 5.50. The molecule has 1 aliphatic heterocycles. The standard InChI is InChI=1S/C25H21FN2O4.2H2/c1-27-23(29)16-4-2-15(3-5-16)19-13-18(7-8-20(19)26)28-24(30)25(10-11-25)17-6-9-21-22(12-17)32-14-31-21;;/h2-9,12-13H,10-11,14H2,1H3,(H,27,29)(H,28,30);2*1H. The lowest BCUT2D eigenvalue weighted by atomic mass is 9.94. The predicted molar refractivity (Wildman–Crippen MR) is 122 cm³/mol. The number of amides is 2. The molecule has 32 heavy (non-hydrogen) atoms. The number of benzene rings is 3. The van der Waals surface area contributed by atoms with Gasteiger partial charge in [0.05, 0.1) is 5.41 Å². The summed E-state index contributed by atoms with van der Waals surface area (Å²) in [6.45, 7) is 0.181. The van der Waals surface area contributed by atoms with E-state index in [0.717, 1.165) is 18.4 Å². The number of anilines is 1. The molecule has 0 atom stereocenters. The van der Waals surface area contributed by atoms with Crippen molar-refractivity contribution in [2.45, 2.75) is 18.3 Å². The summed E-state index contributed by atoms with van der Waals surface area (Å²) >= 11 is 0. The van der Waals surface area contributed by atoms with Crippen LogP contribution < -0.4 is 20.1 Å². The number of nitrogens with one attached hydrogen (secondary N) is 2. The maximum atomic E-state index is 14.5. The van der Waals surface area contributed by atoms with Gasteiger partial charge >= 0.3 is 0 Å². The zero-order valence-electron chi connectivity index (χ0n) is 17.4. The number of carbonyl (C=O) groups excluding carboxylic acids is 2. The molecule has 1 heterocycles. The topological polar surface area (TPSA) is 76.7 Å². The number of ether oxygens (including phenoxy) is 2. The molecule has 2 aliphatic rings. The van der Waals surface area contributed by atoms with E-state index < -0.39 is 11.2 Å². The van der Waals surface area contributed by atoms with Gasteiger partial charge in [-0.05, 0) is 66.4 Å². The van der Waals surface area contributed by atoms with Gasteiger partial charge in [-0.3, -0.25) is 9.59 Å². The fourth-order valence-electron chi connectivity index (χ4n) is 3.99. The smallest absolute Gasteiger partial charge is 0.251 e. The first-order valence-electron chi connectivity index (χ1n) is 10.3. The Morgan fingerprint density at radius 3 is 2.44 bits per heavy atom. The van der Waals surface area contributed by atoms with Crippen molar-refractivity contribution in [3.05, 3.63) is 77.6 Å². The van der Waals surface area contributed by atoms with Crippen LogP contribution in [0, 0.1) is 5.82 Å². The Bertz CT molecular complexity index is 1230. The molecule has 2 N–H and O–H groups in total. The number of fused-ring (bicyclic) bond motifs is 1. The summed E-state index contributed by atoms with van der Waals surface area (Å²) in [5.74, 6) is 0.564. The fourth-order valence-corrected chi connectivity index (χ4v) is 3.99. The van der Waals surface area contributed by atoms with Gasteiger partial charge in [0.25, 0.3) is 5.91 Å². The van der Waals surface area contributed by atoms with Crippen LogP contribution in [0.5, 0.6) is 11.5 Å². The summed E-state index contributed by atoms with van der Waals surface area (Å²) in [6.07, 6.45) is 1.46. The molecule has 0 unspecified atom stereocenters. The molecule has 0 radical (unpaired) electrons. The van der Waals surface area contributed by atoms with Gasteiger partial charge in [0.2, 0.25) is 12.7 Å². The third-order valence-electron chi connectivity index (χ3n) is 6.02. The van der Waals surface area contributed by atoms with E-state index in [4.69, 9.17) is 9.47 Å².